The van der Waals surface area contributed by atoms with Gasteiger partial charge in [-0.1, -0.05) is 11.5 Å². The quantitative estimate of drug-likeness (QED) is 0.328. The van der Waals surface area contributed by atoms with Crippen LogP contribution in [0.4, 0.5) is 10.1 Å². The number of hydroxylamine groups is 2. The summed E-state index contributed by atoms with van der Waals surface area (Å²) in [7, 11) is 8.19. The van der Waals surface area contributed by atoms with Crippen molar-refractivity contribution in [3.63, 3.8) is 0 Å². The van der Waals surface area contributed by atoms with E-state index in [-0.39, 0.29) is 22.4 Å². The Kier molecular flexibility index (Phi) is 4.33. The van der Waals surface area contributed by atoms with Crippen LogP contribution in [0.1, 0.15) is 5.56 Å². The normalized spacial score (nSPS) is 11.4. The lowest BCUT2D eigenvalue weighted by Crippen LogP contribution is -2.30. The summed E-state index contributed by atoms with van der Waals surface area (Å²) in [4.78, 5) is 16.3. The van der Waals surface area contributed by atoms with E-state index in [1.54, 1.807) is 0 Å². The number of likely N-dealkylation sites (N-methyl/N-ethyl adjacent to an activating group) is 1. The summed E-state index contributed by atoms with van der Waals surface area (Å²) in [6, 6.07) is 2.51. The fraction of sp³-hybridized carbons (Fsp3) is 0.182. The molecule has 0 bridgehead atoms. The number of nitrogens with zero attached hydrogens (tertiary/aromatic N) is 1. The minimum Gasteiger partial charge on any atom is -0.396 e. The summed E-state index contributed by atoms with van der Waals surface area (Å²) in [5.74, 6) is -1.23. The van der Waals surface area contributed by atoms with Crippen LogP contribution in [0, 0.1) is 5.82 Å². The van der Waals surface area contributed by atoms with Crippen LogP contribution in [-0.4, -0.2) is 33.0 Å². The smallest absolute Gasteiger partial charge is 0.293 e. The summed E-state index contributed by atoms with van der Waals surface area (Å²) < 4.78 is 13.3. The van der Waals surface area contributed by atoms with Gasteiger partial charge in [0.05, 0.1) is 12.8 Å². The van der Waals surface area contributed by atoms with Gasteiger partial charge in [0, 0.05) is 12.6 Å². The van der Waals surface area contributed by atoms with Crippen molar-refractivity contribution in [2.24, 2.45) is 5.73 Å². The van der Waals surface area contributed by atoms with Crippen LogP contribution in [0.5, 0.6) is 0 Å². The summed E-state index contributed by atoms with van der Waals surface area (Å²) >= 11 is 0. The average Bonchev–Trinajstić information content (AvgIpc) is 2.33. The number of rotatable bonds is 3. The maximum atomic E-state index is 13.3. The highest BCUT2D eigenvalue weighted by Gasteiger charge is 2.12. The molecule has 0 saturated heterocycles. The molecule has 5 nitrogen and oxygen atoms in total. The number of carbonyl (C=O) groups is 1. The Labute approximate surface area is 106 Å². The zero-order valence-corrected chi connectivity index (χ0v) is 10.1. The Hall–Kier alpha value is -2.02. The van der Waals surface area contributed by atoms with Crippen LogP contribution in [0.2, 0.25) is 0 Å². The zero-order valence-electron chi connectivity index (χ0n) is 10.1. The van der Waals surface area contributed by atoms with E-state index in [1.807, 2.05) is 0 Å². The van der Waals surface area contributed by atoms with E-state index < -0.39 is 11.7 Å². The van der Waals surface area contributed by atoms with E-state index in [0.29, 0.717) is 0 Å². The summed E-state index contributed by atoms with van der Waals surface area (Å²) in [6.45, 7) is 0. The number of nitrogens with two attached hydrogens (primary N) is 2. The monoisotopic (exact) mass is 249 g/mol. The van der Waals surface area contributed by atoms with Gasteiger partial charge in [0.15, 0.2) is 0 Å². The molecule has 0 aliphatic carbocycles. The molecule has 1 rings (SSSR count). The Morgan fingerprint density at radius 1 is 1.56 bits per heavy atom. The molecule has 1 aromatic rings. The first kappa shape index (κ1) is 14.0. The Morgan fingerprint density at radius 3 is 2.72 bits per heavy atom. The highest BCUT2D eigenvalue weighted by atomic mass is 19.1. The lowest BCUT2D eigenvalue weighted by Gasteiger charge is -2.13. The van der Waals surface area contributed by atoms with E-state index in [2.05, 4.69) is 4.84 Å². The largest absolute Gasteiger partial charge is 0.396 e. The molecular weight excluding hydrogens is 236 g/mol. The molecule has 2 radical (unpaired) electrons. The van der Waals surface area contributed by atoms with Crippen molar-refractivity contribution >= 4 is 31.0 Å². The number of amides is 1. The maximum Gasteiger partial charge on any atom is 0.293 e. The molecular formula is C11H13BFN3O2. The molecule has 1 aromatic carbocycles. The number of anilines is 1. The first-order chi connectivity index (χ1) is 8.36. The predicted molar refractivity (Wildman–Crippen MR) is 68.1 cm³/mol. The van der Waals surface area contributed by atoms with Gasteiger partial charge in [0.1, 0.15) is 19.4 Å². The number of nitrogen functional groups attached to an aromatic ring is 1. The molecule has 7 heteroatoms. The first-order valence-corrected chi connectivity index (χ1v) is 5.00. The third-order valence-corrected chi connectivity index (χ3v) is 2.30. The van der Waals surface area contributed by atoms with Gasteiger partial charge in [-0.3, -0.25) is 9.63 Å². The van der Waals surface area contributed by atoms with Crippen LogP contribution in [0.3, 0.4) is 0 Å². The molecule has 0 atom stereocenters. The fourth-order valence-corrected chi connectivity index (χ4v) is 1.27. The van der Waals surface area contributed by atoms with E-state index >= 15 is 0 Å². The predicted octanol–water partition coefficient (Wildman–Crippen LogP) is -0.479. The van der Waals surface area contributed by atoms with Gasteiger partial charge >= 0.3 is 0 Å². The molecule has 1 amide bonds. The minimum absolute atomic E-state index is 0.125. The molecule has 0 spiro atoms. The van der Waals surface area contributed by atoms with Crippen molar-refractivity contribution in [1.82, 2.24) is 5.06 Å². The van der Waals surface area contributed by atoms with Crippen molar-refractivity contribution in [3.05, 3.63) is 29.2 Å². The summed E-state index contributed by atoms with van der Waals surface area (Å²) in [6.07, 6.45) is 1.24. The highest BCUT2D eigenvalue weighted by Crippen LogP contribution is 2.17. The Bertz CT molecular complexity index is 505. The van der Waals surface area contributed by atoms with Crippen LogP contribution in [-0.2, 0) is 9.63 Å². The van der Waals surface area contributed by atoms with Gasteiger partial charge in [0.2, 0.25) is 0 Å². The third kappa shape index (κ3) is 3.01. The van der Waals surface area contributed by atoms with Gasteiger partial charge in [-0.15, -0.1) is 0 Å². The lowest BCUT2D eigenvalue weighted by atomic mass is 9.93. The van der Waals surface area contributed by atoms with Crippen LogP contribution < -0.4 is 16.9 Å². The van der Waals surface area contributed by atoms with Crippen LogP contribution in [0.15, 0.2) is 17.8 Å². The lowest BCUT2D eigenvalue weighted by molar-refractivity contribution is -0.163. The molecule has 0 unspecified atom stereocenters. The van der Waals surface area contributed by atoms with Gasteiger partial charge in [-0.05, 0) is 12.1 Å². The second kappa shape index (κ2) is 5.55. The first-order valence-electron chi connectivity index (χ1n) is 5.00. The SMILES string of the molecule is [B]c1cc(F)c(N)c(/C=C(\N)C(=O)N(C)OC)c1. The molecule has 4 N–H and O–H groups in total. The molecule has 0 heterocycles. The molecule has 0 fully saturated rings. The number of carbonyl (C=O) groups excluding carboxylic acids is 1. The van der Waals surface area contributed by atoms with Crippen LogP contribution in [0.25, 0.3) is 6.08 Å². The molecule has 0 aliphatic heterocycles. The Morgan fingerprint density at radius 2 is 2.17 bits per heavy atom. The number of benzene rings is 1. The zero-order chi connectivity index (χ0) is 13.9. The molecule has 94 valence electrons. The molecule has 0 aliphatic rings. The number of halogens is 1. The third-order valence-electron chi connectivity index (χ3n) is 2.30. The van der Waals surface area contributed by atoms with E-state index in [0.717, 1.165) is 11.1 Å². The molecule has 0 saturated carbocycles. The van der Waals surface area contributed by atoms with E-state index in [1.165, 1.54) is 26.3 Å². The summed E-state index contributed by atoms with van der Waals surface area (Å²) in [5, 5.41) is 0.935. The van der Waals surface area contributed by atoms with E-state index in [9.17, 15) is 9.18 Å². The van der Waals surface area contributed by atoms with Gasteiger partial charge in [-0.2, -0.15) is 0 Å². The van der Waals surface area contributed by atoms with Crippen molar-refractivity contribution in [1.29, 1.82) is 0 Å². The fourth-order valence-electron chi connectivity index (χ4n) is 1.27. The maximum absolute atomic E-state index is 13.3. The van der Waals surface area contributed by atoms with Crippen molar-refractivity contribution in [2.45, 2.75) is 0 Å². The van der Waals surface area contributed by atoms with E-state index in [4.69, 9.17) is 19.3 Å². The van der Waals surface area contributed by atoms with Crippen molar-refractivity contribution in [3.8, 4) is 0 Å². The molecule has 0 aromatic heterocycles. The van der Waals surface area contributed by atoms with Gasteiger partial charge in [0.25, 0.3) is 5.91 Å². The topological polar surface area (TPSA) is 81.6 Å². The highest BCUT2D eigenvalue weighted by molar-refractivity contribution is 6.32. The minimum atomic E-state index is -0.665. The second-order valence-electron chi connectivity index (χ2n) is 3.59. The van der Waals surface area contributed by atoms with Crippen molar-refractivity contribution in [2.75, 3.05) is 19.9 Å². The average molecular weight is 249 g/mol. The number of hydrogen-bond donors (Lipinski definition) is 2. The summed E-state index contributed by atoms with van der Waals surface area (Å²) in [5.41, 5.74) is 11.2. The van der Waals surface area contributed by atoms with Gasteiger partial charge < -0.3 is 11.5 Å². The standard InChI is InChI=1S/C11H13BFN3O2/c1-16(18-2)11(17)9(14)4-6-3-7(12)5-8(13)10(6)15/h3-5H,14-15H2,1-2H3/b9-4-. The van der Waals surface area contributed by atoms with Crippen LogP contribution >= 0.6 is 0 Å². The Balaban J connectivity index is 3.13. The second-order valence-corrected chi connectivity index (χ2v) is 3.59. The molecule has 18 heavy (non-hydrogen) atoms. The number of hydrogen-bond acceptors (Lipinski definition) is 4. The van der Waals surface area contributed by atoms with Gasteiger partial charge in [-0.25, -0.2) is 9.45 Å². The van der Waals surface area contributed by atoms with Crippen molar-refractivity contribution < 1.29 is 14.0 Å².